The maximum atomic E-state index is 12.9. The topological polar surface area (TPSA) is 63.7 Å². The molecule has 0 N–H and O–H groups in total. The van der Waals surface area contributed by atoms with E-state index in [1.54, 1.807) is 4.90 Å². The van der Waals surface area contributed by atoms with E-state index in [9.17, 15) is 13.2 Å². The van der Waals surface area contributed by atoms with Crippen LogP contribution in [0.5, 0.6) is 5.75 Å². The summed E-state index contributed by atoms with van der Waals surface area (Å²) in [5.41, 5.74) is 3.33. The molecule has 1 unspecified atom stereocenters. The SMILES string of the molecule is CCc1ccc(OCC(=O)N(Cc2ccc(C)cc2)C2CCS(=O)(=O)C2)cc1. The fourth-order valence-corrected chi connectivity index (χ4v) is 5.11. The van der Waals surface area contributed by atoms with Crippen LogP contribution in [0.15, 0.2) is 48.5 Å². The predicted molar refractivity (Wildman–Crippen MR) is 110 cm³/mol. The molecule has 28 heavy (non-hydrogen) atoms. The summed E-state index contributed by atoms with van der Waals surface area (Å²) in [6, 6.07) is 15.3. The second kappa shape index (κ2) is 8.78. The van der Waals surface area contributed by atoms with E-state index in [0.29, 0.717) is 18.7 Å². The van der Waals surface area contributed by atoms with Gasteiger partial charge in [0.15, 0.2) is 16.4 Å². The first-order valence-corrected chi connectivity index (χ1v) is 11.5. The van der Waals surface area contributed by atoms with E-state index in [-0.39, 0.29) is 30.1 Å². The van der Waals surface area contributed by atoms with E-state index in [4.69, 9.17) is 4.74 Å². The Bertz CT molecular complexity index is 905. The third-order valence-corrected chi connectivity index (χ3v) is 6.89. The Labute approximate surface area is 167 Å². The van der Waals surface area contributed by atoms with Gasteiger partial charge in [0, 0.05) is 12.6 Å². The Balaban J connectivity index is 1.71. The maximum absolute atomic E-state index is 12.9. The summed E-state index contributed by atoms with van der Waals surface area (Å²) in [6.45, 7) is 4.37. The Morgan fingerprint density at radius 1 is 1.07 bits per heavy atom. The summed E-state index contributed by atoms with van der Waals surface area (Å²) >= 11 is 0. The Hall–Kier alpha value is -2.34. The largest absolute Gasteiger partial charge is 0.484 e. The third-order valence-electron chi connectivity index (χ3n) is 5.14. The Kier molecular flexibility index (Phi) is 6.39. The van der Waals surface area contributed by atoms with Crippen molar-refractivity contribution in [2.24, 2.45) is 0 Å². The summed E-state index contributed by atoms with van der Waals surface area (Å²) < 4.78 is 29.5. The minimum Gasteiger partial charge on any atom is -0.484 e. The van der Waals surface area contributed by atoms with E-state index >= 15 is 0 Å². The number of ether oxygens (including phenoxy) is 1. The highest BCUT2D eigenvalue weighted by molar-refractivity contribution is 7.91. The summed E-state index contributed by atoms with van der Waals surface area (Å²) in [4.78, 5) is 14.6. The normalized spacial score (nSPS) is 18.0. The molecule has 0 aliphatic carbocycles. The number of aryl methyl sites for hydroxylation is 2. The molecule has 1 saturated heterocycles. The van der Waals surface area contributed by atoms with Gasteiger partial charge in [-0.15, -0.1) is 0 Å². The van der Waals surface area contributed by atoms with Crippen molar-refractivity contribution in [3.05, 3.63) is 65.2 Å². The second-order valence-corrected chi connectivity index (χ2v) is 9.58. The number of rotatable bonds is 7. The van der Waals surface area contributed by atoms with Gasteiger partial charge in [0.1, 0.15) is 5.75 Å². The average Bonchev–Trinajstić information content (AvgIpc) is 3.05. The lowest BCUT2D eigenvalue weighted by molar-refractivity contribution is -0.136. The molecular formula is C22H27NO4S. The van der Waals surface area contributed by atoms with Gasteiger partial charge in [-0.2, -0.15) is 0 Å². The molecule has 2 aromatic carbocycles. The molecule has 1 atom stereocenters. The molecule has 5 nitrogen and oxygen atoms in total. The van der Waals surface area contributed by atoms with Crippen LogP contribution in [0.2, 0.25) is 0 Å². The molecule has 0 saturated carbocycles. The van der Waals surface area contributed by atoms with Gasteiger partial charge in [-0.1, -0.05) is 48.9 Å². The lowest BCUT2D eigenvalue weighted by atomic mass is 10.1. The van der Waals surface area contributed by atoms with Crippen molar-refractivity contribution in [3.63, 3.8) is 0 Å². The van der Waals surface area contributed by atoms with Crippen molar-refractivity contribution in [2.75, 3.05) is 18.1 Å². The number of amides is 1. The minimum absolute atomic E-state index is 0.0236. The molecule has 1 fully saturated rings. The summed E-state index contributed by atoms with van der Waals surface area (Å²) in [7, 11) is -3.08. The zero-order valence-corrected chi connectivity index (χ0v) is 17.2. The van der Waals surface area contributed by atoms with Gasteiger partial charge < -0.3 is 9.64 Å². The van der Waals surface area contributed by atoms with E-state index in [1.807, 2.05) is 55.5 Å². The summed E-state index contributed by atoms with van der Waals surface area (Å²) in [6.07, 6.45) is 1.42. The van der Waals surface area contributed by atoms with E-state index in [2.05, 4.69) is 6.92 Å². The van der Waals surface area contributed by atoms with Crippen molar-refractivity contribution >= 4 is 15.7 Å². The van der Waals surface area contributed by atoms with Gasteiger partial charge in [-0.05, 0) is 43.0 Å². The standard InChI is InChI=1S/C22H27NO4S/c1-3-18-8-10-21(11-9-18)27-15-22(24)23(20-12-13-28(25,26)16-20)14-19-6-4-17(2)5-7-19/h4-11,20H,3,12-16H2,1-2H3. The number of hydrogen-bond acceptors (Lipinski definition) is 4. The van der Waals surface area contributed by atoms with Crippen LogP contribution >= 0.6 is 0 Å². The molecule has 1 aliphatic rings. The van der Waals surface area contributed by atoms with Crippen LogP contribution in [0.25, 0.3) is 0 Å². The van der Waals surface area contributed by atoms with Crippen molar-refractivity contribution in [1.82, 2.24) is 4.90 Å². The minimum atomic E-state index is -3.08. The molecule has 0 aromatic heterocycles. The fraction of sp³-hybridized carbons (Fsp3) is 0.409. The molecule has 1 heterocycles. The summed E-state index contributed by atoms with van der Waals surface area (Å²) in [5, 5.41) is 0. The van der Waals surface area contributed by atoms with E-state index in [0.717, 1.165) is 17.5 Å². The molecule has 150 valence electrons. The van der Waals surface area contributed by atoms with Crippen LogP contribution in [-0.4, -0.2) is 43.4 Å². The Morgan fingerprint density at radius 2 is 1.71 bits per heavy atom. The number of sulfone groups is 1. The summed E-state index contributed by atoms with van der Waals surface area (Å²) in [5.74, 6) is 0.604. The lowest BCUT2D eigenvalue weighted by Gasteiger charge is -2.28. The molecule has 0 bridgehead atoms. The van der Waals surface area contributed by atoms with Gasteiger partial charge in [0.2, 0.25) is 0 Å². The van der Waals surface area contributed by atoms with E-state index < -0.39 is 9.84 Å². The van der Waals surface area contributed by atoms with Crippen molar-refractivity contribution < 1.29 is 17.9 Å². The highest BCUT2D eigenvalue weighted by Crippen LogP contribution is 2.21. The van der Waals surface area contributed by atoms with Crippen LogP contribution in [0, 0.1) is 6.92 Å². The van der Waals surface area contributed by atoms with Crippen LogP contribution < -0.4 is 4.74 Å². The second-order valence-electron chi connectivity index (χ2n) is 7.35. The monoisotopic (exact) mass is 401 g/mol. The van der Waals surface area contributed by atoms with Gasteiger partial charge in [-0.3, -0.25) is 4.79 Å². The number of hydrogen-bond donors (Lipinski definition) is 0. The first-order chi connectivity index (χ1) is 13.4. The maximum Gasteiger partial charge on any atom is 0.261 e. The van der Waals surface area contributed by atoms with Gasteiger partial charge in [0.05, 0.1) is 11.5 Å². The van der Waals surface area contributed by atoms with Crippen LogP contribution in [0.1, 0.15) is 30.0 Å². The molecule has 0 spiro atoms. The average molecular weight is 402 g/mol. The first kappa shape index (κ1) is 20.4. The molecule has 1 aliphatic heterocycles. The lowest BCUT2D eigenvalue weighted by Crippen LogP contribution is -2.43. The van der Waals surface area contributed by atoms with E-state index in [1.165, 1.54) is 5.56 Å². The quantitative estimate of drug-likeness (QED) is 0.715. The van der Waals surface area contributed by atoms with Gasteiger partial charge in [0.25, 0.3) is 5.91 Å². The van der Waals surface area contributed by atoms with Crippen LogP contribution in [0.4, 0.5) is 0 Å². The van der Waals surface area contributed by atoms with Gasteiger partial charge >= 0.3 is 0 Å². The molecule has 6 heteroatoms. The molecule has 0 radical (unpaired) electrons. The number of carbonyl (C=O) groups excluding carboxylic acids is 1. The fourth-order valence-electron chi connectivity index (χ4n) is 3.38. The van der Waals surface area contributed by atoms with Crippen molar-refractivity contribution in [2.45, 2.75) is 39.3 Å². The molecular weight excluding hydrogens is 374 g/mol. The van der Waals surface area contributed by atoms with Gasteiger partial charge in [-0.25, -0.2) is 8.42 Å². The van der Waals surface area contributed by atoms with Crippen molar-refractivity contribution in [3.8, 4) is 5.75 Å². The predicted octanol–water partition coefficient (Wildman–Crippen LogP) is 3.15. The first-order valence-electron chi connectivity index (χ1n) is 9.63. The number of nitrogens with zero attached hydrogens (tertiary/aromatic N) is 1. The highest BCUT2D eigenvalue weighted by Gasteiger charge is 2.34. The zero-order chi connectivity index (χ0) is 20.1. The van der Waals surface area contributed by atoms with Crippen LogP contribution in [0.3, 0.4) is 0 Å². The third kappa shape index (κ3) is 5.35. The van der Waals surface area contributed by atoms with Crippen LogP contribution in [-0.2, 0) is 27.6 Å². The number of benzene rings is 2. The number of carbonyl (C=O) groups is 1. The smallest absolute Gasteiger partial charge is 0.261 e. The zero-order valence-electron chi connectivity index (χ0n) is 16.4. The molecule has 3 rings (SSSR count). The van der Waals surface area contributed by atoms with Crippen molar-refractivity contribution in [1.29, 1.82) is 0 Å². The molecule has 2 aromatic rings. The highest BCUT2D eigenvalue weighted by atomic mass is 32.2. The molecule has 1 amide bonds. The Morgan fingerprint density at radius 3 is 2.29 bits per heavy atom.